The molecule has 0 saturated heterocycles. The molecule has 0 aliphatic rings. The molecule has 1 heterocycles. The quantitative estimate of drug-likeness (QED) is 0.645. The van der Waals surface area contributed by atoms with E-state index in [2.05, 4.69) is 17.2 Å². The monoisotopic (exact) mass is 239 g/mol. The molecule has 0 spiro atoms. The van der Waals surface area contributed by atoms with E-state index in [0.717, 1.165) is 5.03 Å². The highest BCUT2D eigenvalue weighted by Gasteiger charge is 2.11. The van der Waals surface area contributed by atoms with E-state index in [1.165, 1.54) is 18.7 Å². The van der Waals surface area contributed by atoms with Crippen LogP contribution in [0, 0.1) is 6.92 Å². The van der Waals surface area contributed by atoms with Crippen molar-refractivity contribution in [3.8, 4) is 0 Å². The summed E-state index contributed by atoms with van der Waals surface area (Å²) < 4.78 is 0.601. The fraction of sp³-hybridized carbons (Fsp3) is 0.200. The van der Waals surface area contributed by atoms with Crippen LogP contribution in [-0.4, -0.2) is 21.1 Å². The minimum atomic E-state index is -0.371. The molecule has 5 heteroatoms. The van der Waals surface area contributed by atoms with Crippen LogP contribution in [0.4, 0.5) is 0 Å². The Kier molecular flexibility index (Phi) is 4.71. The Bertz CT molecular complexity index is 354. The van der Waals surface area contributed by atoms with Crippen LogP contribution in [0.5, 0.6) is 0 Å². The van der Waals surface area contributed by atoms with E-state index in [9.17, 15) is 4.79 Å². The third-order valence-electron chi connectivity index (χ3n) is 1.50. The van der Waals surface area contributed by atoms with Crippen molar-refractivity contribution in [1.82, 2.24) is 10.3 Å². The zero-order valence-corrected chi connectivity index (χ0v) is 9.90. The topological polar surface area (TPSA) is 42.0 Å². The normalized spacial score (nSPS) is 11.9. The number of pyridine rings is 1. The number of thioether (sulfide) groups is 1. The Morgan fingerprint density at radius 3 is 2.93 bits per heavy atom. The number of nitrogens with zero attached hydrogens (tertiary/aromatic N) is 1. The third-order valence-corrected chi connectivity index (χ3v) is 2.98. The van der Waals surface area contributed by atoms with Crippen LogP contribution in [0.1, 0.15) is 6.92 Å². The van der Waals surface area contributed by atoms with Gasteiger partial charge in [-0.1, -0.05) is 30.0 Å². The summed E-state index contributed by atoms with van der Waals surface area (Å²) in [5.41, 5.74) is 0. The van der Waals surface area contributed by atoms with Gasteiger partial charge in [-0.05, 0) is 19.1 Å². The fourth-order valence-corrected chi connectivity index (χ4v) is 1.87. The van der Waals surface area contributed by atoms with Crippen molar-refractivity contribution in [2.24, 2.45) is 0 Å². The van der Waals surface area contributed by atoms with E-state index in [-0.39, 0.29) is 11.9 Å². The number of thiocarbonyl (C=S) groups is 1. The molecule has 15 heavy (non-hydrogen) atoms. The van der Waals surface area contributed by atoms with Crippen molar-refractivity contribution >= 4 is 34.1 Å². The van der Waals surface area contributed by atoms with Gasteiger partial charge in [-0.3, -0.25) is 4.79 Å². The largest absolute Gasteiger partial charge is 0.348 e. The van der Waals surface area contributed by atoms with Gasteiger partial charge < -0.3 is 5.32 Å². The molecule has 1 radical (unpaired) electrons. The molecule has 0 aromatic carbocycles. The van der Waals surface area contributed by atoms with Gasteiger partial charge in [-0.15, -0.1) is 0 Å². The number of hydrogen-bond donors (Lipinski definition) is 1. The van der Waals surface area contributed by atoms with Crippen LogP contribution in [-0.2, 0) is 4.79 Å². The summed E-state index contributed by atoms with van der Waals surface area (Å²) in [4.78, 5) is 14.9. The zero-order chi connectivity index (χ0) is 11.3. The van der Waals surface area contributed by atoms with Gasteiger partial charge in [0, 0.05) is 13.1 Å². The van der Waals surface area contributed by atoms with Crippen LogP contribution < -0.4 is 5.32 Å². The summed E-state index contributed by atoms with van der Waals surface area (Å²) in [6, 6.07) is 5.21. The van der Waals surface area contributed by atoms with E-state index in [1.54, 1.807) is 6.20 Å². The Hall–Kier alpha value is -0.940. The van der Waals surface area contributed by atoms with Crippen LogP contribution in [0.3, 0.4) is 0 Å². The van der Waals surface area contributed by atoms with Gasteiger partial charge in [0.25, 0.3) is 0 Å². The molecule has 0 saturated carbocycles. The molecule has 1 atom stereocenters. The second-order valence-corrected chi connectivity index (χ2v) is 4.60. The number of hydrogen-bond acceptors (Lipinski definition) is 4. The third kappa shape index (κ3) is 4.40. The van der Waals surface area contributed by atoms with Crippen molar-refractivity contribution in [3.05, 3.63) is 31.3 Å². The van der Waals surface area contributed by atoms with Crippen LogP contribution in [0.25, 0.3) is 0 Å². The van der Waals surface area contributed by atoms with E-state index in [1.807, 2.05) is 18.2 Å². The number of carbonyl (C=O) groups is 1. The fourth-order valence-electron chi connectivity index (χ4n) is 0.886. The van der Waals surface area contributed by atoms with Gasteiger partial charge in [0.1, 0.15) is 5.03 Å². The lowest BCUT2D eigenvalue weighted by Crippen LogP contribution is -2.35. The SMILES string of the molecule is [CH2]C(NC(C)=O)C(=S)Sc1ccccn1. The first-order valence-corrected chi connectivity index (χ1v) is 5.55. The van der Waals surface area contributed by atoms with Gasteiger partial charge in [-0.25, -0.2) is 4.98 Å². The van der Waals surface area contributed by atoms with Gasteiger partial charge in [-0.2, -0.15) is 0 Å². The predicted octanol–water partition coefficient (Wildman–Crippen LogP) is 1.84. The summed E-state index contributed by atoms with van der Waals surface area (Å²) in [6.07, 6.45) is 1.70. The van der Waals surface area contributed by atoms with E-state index >= 15 is 0 Å². The highest BCUT2D eigenvalue weighted by molar-refractivity contribution is 8.23. The van der Waals surface area contributed by atoms with Crippen LogP contribution >= 0.6 is 24.0 Å². The van der Waals surface area contributed by atoms with Crippen molar-refractivity contribution in [2.75, 3.05) is 0 Å². The lowest BCUT2D eigenvalue weighted by atomic mass is 10.4. The second kappa shape index (κ2) is 5.82. The average Bonchev–Trinajstić information content (AvgIpc) is 2.18. The first kappa shape index (κ1) is 12.1. The van der Waals surface area contributed by atoms with Crippen molar-refractivity contribution in [2.45, 2.75) is 18.0 Å². The van der Waals surface area contributed by atoms with E-state index < -0.39 is 0 Å². The van der Waals surface area contributed by atoms with Gasteiger partial charge in [0.15, 0.2) is 0 Å². The maximum atomic E-state index is 10.8. The Balaban J connectivity index is 2.52. The molecule has 3 nitrogen and oxygen atoms in total. The molecular weight excluding hydrogens is 228 g/mol. The number of aromatic nitrogens is 1. The van der Waals surface area contributed by atoms with Gasteiger partial charge >= 0.3 is 0 Å². The number of amides is 1. The molecule has 1 aromatic rings. The van der Waals surface area contributed by atoms with Gasteiger partial charge in [0.2, 0.25) is 5.91 Å². The summed E-state index contributed by atoms with van der Waals surface area (Å²) in [6.45, 7) is 5.19. The molecule has 1 amide bonds. The molecule has 0 aliphatic heterocycles. The molecule has 1 unspecified atom stereocenters. The molecule has 1 rings (SSSR count). The van der Waals surface area contributed by atoms with Crippen molar-refractivity contribution in [3.63, 3.8) is 0 Å². The summed E-state index contributed by atoms with van der Waals surface area (Å²) in [5.74, 6) is -0.140. The molecular formula is C10H11N2OS2. The number of carbonyl (C=O) groups excluding carboxylic acids is 1. The maximum Gasteiger partial charge on any atom is 0.217 e. The second-order valence-electron chi connectivity index (χ2n) is 2.84. The Labute approximate surface area is 98.7 Å². The molecule has 1 N–H and O–H groups in total. The highest BCUT2D eigenvalue weighted by atomic mass is 32.2. The minimum Gasteiger partial charge on any atom is -0.348 e. The number of nitrogens with one attached hydrogen (secondary N) is 1. The van der Waals surface area contributed by atoms with Crippen LogP contribution in [0.2, 0.25) is 0 Å². The van der Waals surface area contributed by atoms with E-state index in [4.69, 9.17) is 12.2 Å². The molecule has 79 valence electrons. The summed E-state index contributed by atoms with van der Waals surface area (Å²) >= 11 is 6.46. The predicted molar refractivity (Wildman–Crippen MR) is 65.7 cm³/mol. The average molecular weight is 239 g/mol. The first-order chi connectivity index (χ1) is 7.09. The first-order valence-electron chi connectivity index (χ1n) is 4.32. The van der Waals surface area contributed by atoms with Crippen LogP contribution in [0.15, 0.2) is 29.4 Å². The summed E-state index contributed by atoms with van der Waals surface area (Å²) in [7, 11) is 0. The minimum absolute atomic E-state index is 0.140. The lowest BCUT2D eigenvalue weighted by molar-refractivity contribution is -0.119. The summed E-state index contributed by atoms with van der Waals surface area (Å²) in [5, 5.41) is 3.43. The zero-order valence-electron chi connectivity index (χ0n) is 8.27. The molecule has 1 aromatic heterocycles. The highest BCUT2D eigenvalue weighted by Crippen LogP contribution is 2.18. The molecule has 0 bridgehead atoms. The smallest absolute Gasteiger partial charge is 0.217 e. The van der Waals surface area contributed by atoms with Gasteiger partial charge in [0.05, 0.1) is 10.2 Å². The standard InChI is InChI=1S/C10H11N2OS2/c1-7(12-8(2)13)10(14)15-9-5-3-4-6-11-9/h3-7H,1H2,2H3,(H,12,13). The van der Waals surface area contributed by atoms with Crippen molar-refractivity contribution in [1.29, 1.82) is 0 Å². The molecule has 0 aliphatic carbocycles. The van der Waals surface area contributed by atoms with Crippen molar-refractivity contribution < 1.29 is 4.79 Å². The Morgan fingerprint density at radius 1 is 1.67 bits per heavy atom. The van der Waals surface area contributed by atoms with E-state index in [0.29, 0.717) is 4.20 Å². The molecule has 0 fully saturated rings. The lowest BCUT2D eigenvalue weighted by Gasteiger charge is -2.12. The maximum absolute atomic E-state index is 10.8. The number of rotatable bonds is 3. The Morgan fingerprint density at radius 2 is 2.40 bits per heavy atom.